The molecule has 0 N–H and O–H groups in total. The molecule has 2 aliphatic rings. The van der Waals surface area contributed by atoms with Crippen LogP contribution in [0.2, 0.25) is 0 Å². The van der Waals surface area contributed by atoms with Crippen molar-refractivity contribution in [1.82, 2.24) is 0 Å². The van der Waals surface area contributed by atoms with Crippen molar-refractivity contribution in [3.8, 4) is 0 Å². The van der Waals surface area contributed by atoms with E-state index in [1.165, 1.54) is 22.3 Å². The summed E-state index contributed by atoms with van der Waals surface area (Å²) in [5.74, 6) is 0. The van der Waals surface area contributed by atoms with Crippen LogP contribution in [-0.2, 0) is 21.7 Å². The molecular weight excluding hydrogens is 456 g/mol. The van der Waals surface area contributed by atoms with Gasteiger partial charge in [0.2, 0.25) is 0 Å². The maximum Gasteiger partial charge on any atom is 2.00 e. The largest absolute Gasteiger partial charge is 2.00 e. The summed E-state index contributed by atoms with van der Waals surface area (Å²) < 4.78 is 0. The fraction of sp³-hybridized carbons (Fsp3) is 0.471. The van der Waals surface area contributed by atoms with Gasteiger partial charge in [0.15, 0.2) is 0 Å². The van der Waals surface area contributed by atoms with Crippen LogP contribution in [0.25, 0.3) is 0 Å². The first-order valence-corrected chi connectivity index (χ1v) is 13.6. The molecule has 0 aliphatic heterocycles. The zero-order valence-electron chi connectivity index (χ0n) is 23.9. The second-order valence-corrected chi connectivity index (χ2v) is 7.98. The molecule has 35 heavy (non-hydrogen) atoms. The fourth-order valence-electron chi connectivity index (χ4n) is 4.39. The normalized spacial score (nSPS) is 17.4. The van der Waals surface area contributed by atoms with Crippen molar-refractivity contribution in [2.45, 2.75) is 107 Å². The second kappa shape index (κ2) is 25.3. The van der Waals surface area contributed by atoms with E-state index in [1.807, 2.05) is 64.2 Å². The molecule has 10 radical (unpaired) electrons. The van der Waals surface area contributed by atoms with E-state index in [4.69, 9.17) is 0 Å². The summed E-state index contributed by atoms with van der Waals surface area (Å²) in [5, 5.41) is 0. The van der Waals surface area contributed by atoms with Crippen molar-refractivity contribution in [3.63, 3.8) is 0 Å². The smallest absolute Gasteiger partial charge is 0.272 e. The van der Waals surface area contributed by atoms with E-state index in [9.17, 15) is 0 Å². The molecule has 0 bridgehead atoms. The van der Waals surface area contributed by atoms with Crippen LogP contribution in [0.3, 0.4) is 0 Å². The van der Waals surface area contributed by atoms with Crippen LogP contribution < -0.4 is 0 Å². The van der Waals surface area contributed by atoms with E-state index in [2.05, 4.69) is 67.5 Å². The molecule has 0 aromatic heterocycles. The Kier molecular flexibility index (Phi) is 26.7. The third-order valence-electron chi connectivity index (χ3n) is 5.83. The van der Waals surface area contributed by atoms with Crippen LogP contribution in [0.15, 0.2) is 33.4 Å². The van der Waals surface area contributed by atoms with Gasteiger partial charge in [-0.1, -0.05) is 81.1 Å². The van der Waals surface area contributed by atoms with E-state index in [0.717, 1.165) is 51.4 Å². The molecule has 0 saturated heterocycles. The van der Waals surface area contributed by atoms with Gasteiger partial charge in [0, 0.05) is 0 Å². The molecule has 2 saturated carbocycles. The molecule has 190 valence electrons. The molecule has 2 rings (SSSR count). The molecule has 0 atom stereocenters. The third-order valence-corrected chi connectivity index (χ3v) is 5.83. The Hall–Kier alpha value is -0.326. The summed E-state index contributed by atoms with van der Waals surface area (Å²) in [4.78, 5) is 0. The number of hydrogen-bond acceptors (Lipinski definition) is 0. The van der Waals surface area contributed by atoms with E-state index < -0.39 is 0 Å². The van der Waals surface area contributed by atoms with Crippen LogP contribution in [0.5, 0.6) is 0 Å². The molecule has 0 aromatic carbocycles. The van der Waals surface area contributed by atoms with Gasteiger partial charge in [0.1, 0.15) is 0 Å². The van der Waals surface area contributed by atoms with Gasteiger partial charge in [-0.25, -0.2) is 11.1 Å². The van der Waals surface area contributed by atoms with Crippen molar-refractivity contribution in [2.75, 3.05) is 0 Å². The van der Waals surface area contributed by atoms with E-state index in [-0.39, 0.29) is 21.7 Å². The van der Waals surface area contributed by atoms with Crippen LogP contribution in [0.1, 0.15) is 107 Å². The monoisotopic (exact) mass is 506 g/mol. The summed E-state index contributed by atoms with van der Waals surface area (Å²) in [7, 11) is 0. The molecule has 0 amide bonds. The van der Waals surface area contributed by atoms with Crippen LogP contribution in [-0.4, -0.2) is 0 Å². The van der Waals surface area contributed by atoms with Crippen molar-refractivity contribution in [1.29, 1.82) is 0 Å². The van der Waals surface area contributed by atoms with Gasteiger partial charge in [0.25, 0.3) is 0 Å². The van der Waals surface area contributed by atoms with Crippen molar-refractivity contribution >= 4 is 0 Å². The SMILES string of the molecule is CC[C-]=C(CC)/C(CC)=C(CC)\C(CC)=C(\CC)C(=[C-]CC)CC.[CH]1[CH][CH][CH][CH]1.[CH]1[CH][CH][CH][CH]1.[Ti+2]. The zero-order valence-corrected chi connectivity index (χ0v) is 25.5. The Bertz CT molecular complexity index is 550. The molecule has 0 spiro atoms. The van der Waals surface area contributed by atoms with E-state index in [1.54, 1.807) is 11.1 Å². The van der Waals surface area contributed by atoms with Gasteiger partial charge in [-0.3, -0.25) is 12.2 Å². The quantitative estimate of drug-likeness (QED) is 0.149. The first kappa shape index (κ1) is 36.8. The molecule has 2 aliphatic carbocycles. The maximum absolute atomic E-state index is 3.62. The van der Waals surface area contributed by atoms with Gasteiger partial charge >= 0.3 is 21.7 Å². The summed E-state index contributed by atoms with van der Waals surface area (Å²) in [6.45, 7) is 18.1. The predicted octanol–water partition coefficient (Wildman–Crippen LogP) is 10.4. The second-order valence-electron chi connectivity index (χ2n) is 7.98. The Morgan fingerprint density at radius 1 is 0.371 bits per heavy atom. The molecule has 0 unspecified atom stereocenters. The Labute approximate surface area is 237 Å². The predicted molar refractivity (Wildman–Crippen MR) is 153 cm³/mol. The van der Waals surface area contributed by atoms with Crippen molar-refractivity contribution in [2.24, 2.45) is 0 Å². The topological polar surface area (TPSA) is 0 Å². The van der Waals surface area contributed by atoms with Crippen molar-refractivity contribution < 1.29 is 21.7 Å². The first-order chi connectivity index (χ1) is 16.6. The maximum atomic E-state index is 3.62. The van der Waals surface area contributed by atoms with Crippen molar-refractivity contribution in [3.05, 3.63) is 110 Å². The van der Waals surface area contributed by atoms with E-state index >= 15 is 0 Å². The standard InChI is InChI=1S/C24H40.2C5H5.Ti/c1-9-17-19(11-3)21(13-5)23(15-7)24(16-8)22(14-6)20(12-4)18-10-2;2*1-2-4-5-3-1;/h9-16H2,1-8H3;2*1-5H;/q-2;;;+2/b23-21-,24-22-;;;. The van der Waals surface area contributed by atoms with Gasteiger partial charge < -0.3 is 0 Å². The van der Waals surface area contributed by atoms with Crippen LogP contribution in [0, 0.1) is 76.4 Å². The van der Waals surface area contributed by atoms with Gasteiger partial charge in [-0.15, -0.1) is 24.0 Å². The van der Waals surface area contributed by atoms with Gasteiger partial charge in [0.05, 0.1) is 0 Å². The summed E-state index contributed by atoms with van der Waals surface area (Å²) >= 11 is 0. The minimum Gasteiger partial charge on any atom is -0.272 e. The minimum absolute atomic E-state index is 0. The molecule has 0 aromatic rings. The van der Waals surface area contributed by atoms with Crippen LogP contribution in [0.4, 0.5) is 0 Å². The third kappa shape index (κ3) is 14.9. The Balaban J connectivity index is 0. The molecule has 1 heteroatoms. The Morgan fingerprint density at radius 2 is 0.600 bits per heavy atom. The summed E-state index contributed by atoms with van der Waals surface area (Å²) in [6.07, 6.45) is 35.8. The first-order valence-electron chi connectivity index (χ1n) is 13.6. The fourth-order valence-corrected chi connectivity index (χ4v) is 4.39. The summed E-state index contributed by atoms with van der Waals surface area (Å²) in [5.41, 5.74) is 9.07. The number of hydrogen-bond donors (Lipinski definition) is 0. The average molecular weight is 507 g/mol. The van der Waals surface area contributed by atoms with Gasteiger partial charge in [-0.2, -0.15) is 11.1 Å². The summed E-state index contributed by atoms with van der Waals surface area (Å²) in [6, 6.07) is 0. The molecular formula is C34H50Ti. The molecule has 0 heterocycles. The van der Waals surface area contributed by atoms with E-state index in [0.29, 0.717) is 0 Å². The molecule has 2 fully saturated rings. The minimum atomic E-state index is 0. The van der Waals surface area contributed by atoms with Crippen LogP contribution >= 0.6 is 0 Å². The number of allylic oxidation sites excluding steroid dienone is 8. The molecule has 0 nitrogen and oxygen atoms in total. The van der Waals surface area contributed by atoms with Gasteiger partial charge in [-0.05, 0) is 77.0 Å². The number of rotatable bonds is 11. The Morgan fingerprint density at radius 3 is 0.743 bits per heavy atom. The zero-order chi connectivity index (χ0) is 25.6. The average Bonchev–Trinajstić information content (AvgIpc) is 3.63.